The predicted molar refractivity (Wildman–Crippen MR) is 75.6 cm³/mol. The smallest absolute Gasteiger partial charge is 0.275 e. The van der Waals surface area contributed by atoms with Crippen molar-refractivity contribution in [2.45, 2.75) is 38.5 Å². The lowest BCUT2D eigenvalue weighted by Gasteiger charge is -2.30. The second kappa shape index (κ2) is 5.95. The van der Waals surface area contributed by atoms with Crippen molar-refractivity contribution in [3.63, 3.8) is 0 Å². The van der Waals surface area contributed by atoms with Gasteiger partial charge >= 0.3 is 0 Å². The van der Waals surface area contributed by atoms with E-state index in [0.717, 1.165) is 51.3 Å². The molecule has 110 valence electrons. The first-order valence-corrected chi connectivity index (χ1v) is 7.69. The molecule has 0 radical (unpaired) electrons. The van der Waals surface area contributed by atoms with E-state index in [1.807, 2.05) is 4.90 Å². The molecule has 3 heterocycles. The molecule has 3 rings (SSSR count). The zero-order valence-corrected chi connectivity index (χ0v) is 12.1. The molecule has 5 nitrogen and oxygen atoms in total. The number of amides is 1. The van der Waals surface area contributed by atoms with Gasteiger partial charge in [0, 0.05) is 19.0 Å². The van der Waals surface area contributed by atoms with Crippen LogP contribution in [0.2, 0.25) is 0 Å². The third-order valence-electron chi connectivity index (χ3n) is 4.37. The number of rotatable bonds is 2. The number of hydrogen-bond donors (Lipinski definition) is 1. The fourth-order valence-corrected chi connectivity index (χ4v) is 3.18. The molecule has 0 aliphatic carbocycles. The fourth-order valence-electron chi connectivity index (χ4n) is 3.18. The van der Waals surface area contributed by atoms with Gasteiger partial charge in [0.15, 0.2) is 11.6 Å². The molecule has 1 N–H and O–H groups in total. The van der Waals surface area contributed by atoms with Gasteiger partial charge in [-0.3, -0.25) is 4.79 Å². The number of nitrogens with zero attached hydrogens (tertiary/aromatic N) is 2. The number of nitrogens with one attached hydrogen (secondary N) is 1. The van der Waals surface area contributed by atoms with Crippen LogP contribution in [-0.2, 0) is 0 Å². The molecule has 1 amide bonds. The van der Waals surface area contributed by atoms with Crippen molar-refractivity contribution in [2.24, 2.45) is 5.92 Å². The summed E-state index contributed by atoms with van der Waals surface area (Å²) in [6.45, 7) is 5.88. The minimum absolute atomic E-state index is 0.0282. The minimum atomic E-state index is 0.0282. The predicted octanol–water partition coefficient (Wildman–Crippen LogP) is 2.01. The summed E-state index contributed by atoms with van der Waals surface area (Å²) in [6.07, 6.45) is 5.91. The van der Waals surface area contributed by atoms with E-state index in [2.05, 4.69) is 17.2 Å². The van der Waals surface area contributed by atoms with Crippen LogP contribution in [-0.4, -0.2) is 42.0 Å². The number of likely N-dealkylation sites (tertiary alicyclic amines) is 1. The first-order chi connectivity index (χ1) is 9.74. The van der Waals surface area contributed by atoms with Crippen LogP contribution in [0.15, 0.2) is 10.7 Å². The van der Waals surface area contributed by atoms with E-state index in [-0.39, 0.29) is 5.91 Å². The molecular weight excluding hydrogens is 254 g/mol. The standard InChI is InChI=1S/C15H23N3O2/c1-11-3-2-8-18(9-11)15(19)13-10-20-14(17-13)12-4-6-16-7-5-12/h10-12,16H,2-9H2,1H3. The van der Waals surface area contributed by atoms with Gasteiger partial charge in [0.25, 0.3) is 5.91 Å². The molecule has 5 heteroatoms. The highest BCUT2D eigenvalue weighted by Crippen LogP contribution is 2.25. The number of carbonyl (C=O) groups is 1. The van der Waals surface area contributed by atoms with E-state index in [1.165, 1.54) is 6.42 Å². The third kappa shape index (κ3) is 2.87. The fraction of sp³-hybridized carbons (Fsp3) is 0.733. The average Bonchev–Trinajstić information content (AvgIpc) is 2.97. The maximum absolute atomic E-state index is 12.4. The SMILES string of the molecule is CC1CCCN(C(=O)c2coc(C3CCNCC3)n2)C1. The Morgan fingerprint density at radius 1 is 1.40 bits per heavy atom. The maximum Gasteiger partial charge on any atom is 0.275 e. The summed E-state index contributed by atoms with van der Waals surface area (Å²) in [5.41, 5.74) is 0.479. The Morgan fingerprint density at radius 3 is 2.95 bits per heavy atom. The lowest BCUT2D eigenvalue weighted by atomic mass is 9.98. The zero-order valence-electron chi connectivity index (χ0n) is 12.1. The van der Waals surface area contributed by atoms with Crippen molar-refractivity contribution in [1.29, 1.82) is 0 Å². The summed E-state index contributed by atoms with van der Waals surface area (Å²) < 4.78 is 5.56. The summed E-state index contributed by atoms with van der Waals surface area (Å²) in [6, 6.07) is 0. The molecular formula is C15H23N3O2. The third-order valence-corrected chi connectivity index (χ3v) is 4.37. The zero-order chi connectivity index (χ0) is 13.9. The molecule has 2 aliphatic rings. The quantitative estimate of drug-likeness (QED) is 0.898. The average molecular weight is 277 g/mol. The molecule has 0 bridgehead atoms. The summed E-state index contributed by atoms with van der Waals surface area (Å²) in [4.78, 5) is 18.8. The van der Waals surface area contributed by atoms with Crippen LogP contribution in [0, 0.1) is 5.92 Å². The summed E-state index contributed by atoms with van der Waals surface area (Å²) in [5, 5.41) is 3.33. The molecule has 1 atom stereocenters. The first kappa shape index (κ1) is 13.6. The highest BCUT2D eigenvalue weighted by atomic mass is 16.3. The minimum Gasteiger partial charge on any atom is -0.448 e. The number of aromatic nitrogens is 1. The van der Waals surface area contributed by atoms with E-state index >= 15 is 0 Å². The second-order valence-corrected chi connectivity index (χ2v) is 6.09. The molecule has 2 aliphatic heterocycles. The van der Waals surface area contributed by atoms with Crippen LogP contribution < -0.4 is 5.32 Å². The monoisotopic (exact) mass is 277 g/mol. The van der Waals surface area contributed by atoms with Gasteiger partial charge in [-0.2, -0.15) is 0 Å². The van der Waals surface area contributed by atoms with Crippen LogP contribution in [0.5, 0.6) is 0 Å². The first-order valence-electron chi connectivity index (χ1n) is 7.69. The van der Waals surface area contributed by atoms with Crippen LogP contribution >= 0.6 is 0 Å². The van der Waals surface area contributed by atoms with Crippen LogP contribution in [0.1, 0.15) is 54.9 Å². The van der Waals surface area contributed by atoms with E-state index in [4.69, 9.17) is 4.42 Å². The molecule has 1 aromatic heterocycles. The number of hydrogen-bond acceptors (Lipinski definition) is 4. The van der Waals surface area contributed by atoms with Crippen LogP contribution in [0.25, 0.3) is 0 Å². The van der Waals surface area contributed by atoms with Gasteiger partial charge in [-0.25, -0.2) is 4.98 Å². The van der Waals surface area contributed by atoms with Gasteiger partial charge in [-0.15, -0.1) is 0 Å². The maximum atomic E-state index is 12.4. The Balaban J connectivity index is 1.67. The topological polar surface area (TPSA) is 58.4 Å². The van der Waals surface area contributed by atoms with Crippen LogP contribution in [0.4, 0.5) is 0 Å². The van der Waals surface area contributed by atoms with Gasteiger partial charge in [-0.1, -0.05) is 6.92 Å². The van der Waals surface area contributed by atoms with E-state index < -0.39 is 0 Å². The Labute approximate surface area is 119 Å². The van der Waals surface area contributed by atoms with Crippen molar-refractivity contribution in [2.75, 3.05) is 26.2 Å². The Kier molecular flexibility index (Phi) is 4.05. The van der Waals surface area contributed by atoms with Gasteiger partial charge in [0.05, 0.1) is 0 Å². The summed E-state index contributed by atoms with van der Waals surface area (Å²) in [5.74, 6) is 1.71. The molecule has 2 saturated heterocycles. The number of carbonyl (C=O) groups excluding carboxylic acids is 1. The van der Waals surface area contributed by atoms with Crippen molar-refractivity contribution < 1.29 is 9.21 Å². The van der Waals surface area contributed by atoms with Crippen molar-refractivity contribution >= 4 is 5.91 Å². The highest BCUT2D eigenvalue weighted by molar-refractivity contribution is 5.92. The molecule has 1 aromatic rings. The van der Waals surface area contributed by atoms with Gasteiger partial charge in [0.1, 0.15) is 6.26 Å². The van der Waals surface area contributed by atoms with Crippen LogP contribution in [0.3, 0.4) is 0 Å². The van der Waals surface area contributed by atoms with Gasteiger partial charge in [-0.05, 0) is 44.7 Å². The second-order valence-electron chi connectivity index (χ2n) is 6.09. The number of piperidine rings is 2. The molecule has 2 fully saturated rings. The number of oxazole rings is 1. The molecule has 0 saturated carbocycles. The van der Waals surface area contributed by atoms with E-state index in [1.54, 1.807) is 6.26 Å². The Bertz CT molecular complexity index is 465. The van der Waals surface area contributed by atoms with Gasteiger partial charge in [0.2, 0.25) is 0 Å². The van der Waals surface area contributed by atoms with E-state index in [9.17, 15) is 4.79 Å². The van der Waals surface area contributed by atoms with Crippen molar-refractivity contribution in [3.05, 3.63) is 17.8 Å². The van der Waals surface area contributed by atoms with E-state index in [0.29, 0.717) is 17.5 Å². The highest BCUT2D eigenvalue weighted by Gasteiger charge is 2.26. The Hall–Kier alpha value is -1.36. The lowest BCUT2D eigenvalue weighted by molar-refractivity contribution is 0.0677. The Morgan fingerprint density at radius 2 is 2.20 bits per heavy atom. The van der Waals surface area contributed by atoms with Crippen molar-refractivity contribution in [1.82, 2.24) is 15.2 Å². The molecule has 0 spiro atoms. The normalized spacial score (nSPS) is 24.9. The molecule has 0 aromatic carbocycles. The summed E-state index contributed by atoms with van der Waals surface area (Å²) >= 11 is 0. The summed E-state index contributed by atoms with van der Waals surface area (Å²) in [7, 11) is 0. The van der Waals surface area contributed by atoms with Crippen molar-refractivity contribution in [3.8, 4) is 0 Å². The molecule has 20 heavy (non-hydrogen) atoms. The molecule has 1 unspecified atom stereocenters. The lowest BCUT2D eigenvalue weighted by Crippen LogP contribution is -2.39. The van der Waals surface area contributed by atoms with Gasteiger partial charge < -0.3 is 14.6 Å². The largest absolute Gasteiger partial charge is 0.448 e.